The highest BCUT2D eigenvalue weighted by Crippen LogP contribution is 2.20. The minimum Gasteiger partial charge on any atom is -0.490 e. The molecule has 0 aliphatic heterocycles. The van der Waals surface area contributed by atoms with Crippen molar-refractivity contribution < 1.29 is 23.8 Å². The summed E-state index contributed by atoms with van der Waals surface area (Å²) in [5.74, 6) is -0.0368. The third-order valence-corrected chi connectivity index (χ3v) is 3.87. The number of amides is 2. The maximum absolute atomic E-state index is 12.7. The Kier molecular flexibility index (Phi) is 8.97. The van der Waals surface area contributed by atoms with Crippen molar-refractivity contribution in [1.82, 2.24) is 5.32 Å². The van der Waals surface area contributed by atoms with Crippen LogP contribution in [0.4, 0.5) is 5.69 Å². The van der Waals surface area contributed by atoms with Gasteiger partial charge in [0.25, 0.3) is 11.8 Å². The molecule has 2 N–H and O–H groups in total. The van der Waals surface area contributed by atoms with E-state index in [9.17, 15) is 9.59 Å². The number of hydrogen-bond acceptors (Lipinski definition) is 5. The molecule has 0 bridgehead atoms. The topological polar surface area (TPSA) is 85.9 Å². The first-order chi connectivity index (χ1) is 13.7. The highest BCUT2D eigenvalue weighted by molar-refractivity contribution is 6.06. The van der Waals surface area contributed by atoms with Gasteiger partial charge in [0.05, 0.1) is 12.2 Å². The normalized spacial score (nSPS) is 10.4. The predicted molar refractivity (Wildman–Crippen MR) is 107 cm³/mol. The van der Waals surface area contributed by atoms with E-state index in [1.54, 1.807) is 62.8 Å². The van der Waals surface area contributed by atoms with Crippen molar-refractivity contribution in [2.45, 2.75) is 6.42 Å². The summed E-state index contributed by atoms with van der Waals surface area (Å²) in [5, 5.41) is 5.63. The minimum atomic E-state index is -0.314. The van der Waals surface area contributed by atoms with Gasteiger partial charge in [-0.05, 0) is 36.8 Å². The van der Waals surface area contributed by atoms with Crippen LogP contribution >= 0.6 is 0 Å². The smallest absolute Gasteiger partial charge is 0.259 e. The molecule has 0 unspecified atom stereocenters. The van der Waals surface area contributed by atoms with E-state index < -0.39 is 0 Å². The molecule has 0 aromatic heterocycles. The molecule has 0 saturated carbocycles. The Morgan fingerprint density at radius 2 is 1.68 bits per heavy atom. The van der Waals surface area contributed by atoms with Gasteiger partial charge in [0, 0.05) is 38.6 Å². The van der Waals surface area contributed by atoms with Crippen molar-refractivity contribution in [3.05, 3.63) is 59.7 Å². The number of carbonyl (C=O) groups is 2. The Morgan fingerprint density at radius 1 is 0.893 bits per heavy atom. The number of benzene rings is 2. The van der Waals surface area contributed by atoms with E-state index in [-0.39, 0.29) is 11.8 Å². The van der Waals surface area contributed by atoms with Crippen LogP contribution in [0.15, 0.2) is 48.5 Å². The molecular weight excluding hydrogens is 360 g/mol. The summed E-state index contributed by atoms with van der Waals surface area (Å²) in [5.41, 5.74) is 1.41. The fourth-order valence-corrected chi connectivity index (χ4v) is 2.47. The minimum absolute atomic E-state index is 0.199. The van der Waals surface area contributed by atoms with Gasteiger partial charge in [-0.1, -0.05) is 18.2 Å². The number of nitrogens with one attached hydrogen (secondary N) is 2. The van der Waals surface area contributed by atoms with E-state index in [4.69, 9.17) is 14.2 Å². The largest absolute Gasteiger partial charge is 0.490 e. The third-order valence-electron chi connectivity index (χ3n) is 3.87. The first-order valence-corrected chi connectivity index (χ1v) is 9.05. The molecule has 2 aromatic carbocycles. The molecule has 0 aliphatic rings. The molecule has 2 rings (SSSR count). The zero-order chi connectivity index (χ0) is 20.2. The second-order valence-electron chi connectivity index (χ2n) is 5.97. The molecule has 7 nitrogen and oxygen atoms in total. The van der Waals surface area contributed by atoms with Gasteiger partial charge in [-0.15, -0.1) is 0 Å². The van der Waals surface area contributed by atoms with Crippen LogP contribution in [0.5, 0.6) is 5.75 Å². The molecule has 2 amide bonds. The van der Waals surface area contributed by atoms with Crippen molar-refractivity contribution in [2.24, 2.45) is 0 Å². The van der Waals surface area contributed by atoms with Gasteiger partial charge < -0.3 is 24.8 Å². The van der Waals surface area contributed by atoms with Gasteiger partial charge >= 0.3 is 0 Å². The lowest BCUT2D eigenvalue weighted by Crippen LogP contribution is -2.25. The summed E-state index contributed by atoms with van der Waals surface area (Å²) in [6.45, 7) is 1.88. The molecule has 0 spiro atoms. The Labute approximate surface area is 165 Å². The Bertz CT molecular complexity index is 779. The summed E-state index contributed by atoms with van der Waals surface area (Å²) < 4.78 is 15.5. The van der Waals surface area contributed by atoms with Crippen molar-refractivity contribution in [2.75, 3.05) is 45.9 Å². The van der Waals surface area contributed by atoms with Crippen LogP contribution in [-0.4, -0.2) is 52.4 Å². The van der Waals surface area contributed by atoms with Crippen LogP contribution in [0.2, 0.25) is 0 Å². The lowest BCUT2D eigenvalue weighted by atomic mass is 10.1. The Morgan fingerprint density at radius 3 is 2.46 bits per heavy atom. The molecule has 150 valence electrons. The first-order valence-electron chi connectivity index (χ1n) is 9.05. The van der Waals surface area contributed by atoms with Crippen molar-refractivity contribution in [1.29, 1.82) is 0 Å². The summed E-state index contributed by atoms with van der Waals surface area (Å²) in [4.78, 5) is 24.9. The van der Waals surface area contributed by atoms with E-state index >= 15 is 0 Å². The Hall–Kier alpha value is -2.90. The van der Waals surface area contributed by atoms with E-state index in [2.05, 4.69) is 10.6 Å². The lowest BCUT2D eigenvalue weighted by Gasteiger charge is -2.12. The number of para-hydroxylation sites is 1. The SMILES string of the molecule is COCCCNC(=O)c1cccc(NC(=O)c2ccccc2OCCOC)c1. The molecule has 28 heavy (non-hydrogen) atoms. The van der Waals surface area contributed by atoms with E-state index in [0.29, 0.717) is 48.9 Å². The van der Waals surface area contributed by atoms with Crippen molar-refractivity contribution >= 4 is 17.5 Å². The zero-order valence-corrected chi connectivity index (χ0v) is 16.2. The monoisotopic (exact) mass is 386 g/mol. The van der Waals surface area contributed by atoms with Crippen LogP contribution in [0, 0.1) is 0 Å². The standard InChI is InChI=1S/C21H26N2O5/c1-26-12-6-11-22-20(24)16-7-5-8-17(15-16)23-21(25)18-9-3-4-10-19(18)28-14-13-27-2/h3-5,7-10,15H,6,11-14H2,1-2H3,(H,22,24)(H,23,25). The number of rotatable bonds is 11. The Balaban J connectivity index is 2.02. The number of hydrogen-bond donors (Lipinski definition) is 2. The molecule has 0 radical (unpaired) electrons. The molecule has 0 fully saturated rings. The van der Waals surface area contributed by atoms with E-state index in [1.165, 1.54) is 0 Å². The average Bonchev–Trinajstić information content (AvgIpc) is 2.72. The number of methoxy groups -OCH3 is 2. The molecular formula is C21H26N2O5. The molecule has 7 heteroatoms. The predicted octanol–water partition coefficient (Wildman–Crippen LogP) is 2.73. The highest BCUT2D eigenvalue weighted by atomic mass is 16.5. The second kappa shape index (κ2) is 11.7. The summed E-state index contributed by atoms with van der Waals surface area (Å²) in [6, 6.07) is 13.8. The van der Waals surface area contributed by atoms with E-state index in [1.807, 2.05) is 0 Å². The molecule has 0 heterocycles. The van der Waals surface area contributed by atoms with Crippen LogP contribution < -0.4 is 15.4 Å². The third kappa shape index (κ3) is 6.68. The highest BCUT2D eigenvalue weighted by Gasteiger charge is 2.13. The summed E-state index contributed by atoms with van der Waals surface area (Å²) in [6.07, 6.45) is 0.735. The van der Waals surface area contributed by atoms with E-state index in [0.717, 1.165) is 6.42 Å². The van der Waals surface area contributed by atoms with Crippen LogP contribution in [-0.2, 0) is 9.47 Å². The van der Waals surface area contributed by atoms with Crippen LogP contribution in [0.1, 0.15) is 27.1 Å². The van der Waals surface area contributed by atoms with Gasteiger partial charge in [0.1, 0.15) is 12.4 Å². The van der Waals surface area contributed by atoms with Gasteiger partial charge in [-0.2, -0.15) is 0 Å². The van der Waals surface area contributed by atoms with Gasteiger partial charge in [0.15, 0.2) is 0 Å². The lowest BCUT2D eigenvalue weighted by molar-refractivity contribution is 0.0947. The van der Waals surface area contributed by atoms with Gasteiger partial charge in [-0.3, -0.25) is 9.59 Å². The van der Waals surface area contributed by atoms with Crippen LogP contribution in [0.3, 0.4) is 0 Å². The zero-order valence-electron chi connectivity index (χ0n) is 16.2. The quantitative estimate of drug-likeness (QED) is 0.580. The van der Waals surface area contributed by atoms with Crippen molar-refractivity contribution in [3.8, 4) is 5.75 Å². The van der Waals surface area contributed by atoms with Gasteiger partial charge in [0.2, 0.25) is 0 Å². The first kappa shape index (κ1) is 21.4. The average molecular weight is 386 g/mol. The fourth-order valence-electron chi connectivity index (χ4n) is 2.47. The molecule has 2 aromatic rings. The van der Waals surface area contributed by atoms with Gasteiger partial charge in [-0.25, -0.2) is 0 Å². The summed E-state index contributed by atoms with van der Waals surface area (Å²) in [7, 11) is 3.21. The second-order valence-corrected chi connectivity index (χ2v) is 5.97. The maximum atomic E-state index is 12.7. The van der Waals surface area contributed by atoms with Crippen LogP contribution in [0.25, 0.3) is 0 Å². The van der Waals surface area contributed by atoms with Crippen molar-refractivity contribution in [3.63, 3.8) is 0 Å². The number of anilines is 1. The number of carbonyl (C=O) groups excluding carboxylic acids is 2. The summed E-state index contributed by atoms with van der Waals surface area (Å²) >= 11 is 0. The molecule has 0 atom stereocenters. The maximum Gasteiger partial charge on any atom is 0.259 e. The molecule has 0 saturated heterocycles. The molecule has 0 aliphatic carbocycles. The fraction of sp³-hybridized carbons (Fsp3) is 0.333. The number of ether oxygens (including phenoxy) is 3.